The number of nitrogens with one attached hydrogen (secondary N) is 1. The molecule has 1 aromatic heterocycles. The summed E-state index contributed by atoms with van der Waals surface area (Å²) in [5.41, 5.74) is 2.90. The number of benzene rings is 1. The molecule has 2 atom stereocenters. The number of rotatable bonds is 4. The van der Waals surface area contributed by atoms with E-state index in [0.717, 1.165) is 22.8 Å². The number of amides is 2. The van der Waals surface area contributed by atoms with E-state index in [9.17, 15) is 18.0 Å². The molecule has 1 fully saturated rings. The van der Waals surface area contributed by atoms with E-state index >= 15 is 0 Å². The second-order valence-corrected chi connectivity index (χ2v) is 10.4. The molecule has 2 aliphatic rings. The number of carbonyl (C=O) groups is 1. The van der Waals surface area contributed by atoms with Crippen LogP contribution < -0.4 is 5.32 Å². The van der Waals surface area contributed by atoms with E-state index in [0.29, 0.717) is 18.8 Å². The summed E-state index contributed by atoms with van der Waals surface area (Å²) in [7, 11) is 1.20. The Morgan fingerprint density at radius 3 is 2.52 bits per heavy atom. The van der Waals surface area contributed by atoms with Crippen molar-refractivity contribution in [2.24, 2.45) is 0 Å². The molecule has 178 valence electrons. The molecule has 0 bridgehead atoms. The molecule has 1 saturated heterocycles. The number of hydrogen-bond donors (Lipinski definition) is 1. The van der Waals surface area contributed by atoms with Crippen molar-refractivity contribution in [1.82, 2.24) is 14.8 Å². The van der Waals surface area contributed by atoms with E-state index < -0.39 is 18.2 Å². The van der Waals surface area contributed by atoms with Gasteiger partial charge in [0.2, 0.25) is 0 Å². The Morgan fingerprint density at radius 1 is 1.21 bits per heavy atom. The quantitative estimate of drug-likeness (QED) is 0.664. The summed E-state index contributed by atoms with van der Waals surface area (Å²) in [5, 5.41) is 3.45. The number of urea groups is 1. The van der Waals surface area contributed by atoms with Crippen molar-refractivity contribution in [2.75, 3.05) is 37.0 Å². The normalized spacial score (nSPS) is 20.8. The van der Waals surface area contributed by atoms with Crippen molar-refractivity contribution in [3.05, 3.63) is 59.4 Å². The van der Waals surface area contributed by atoms with Gasteiger partial charge in [0.15, 0.2) is 6.04 Å². The van der Waals surface area contributed by atoms with Gasteiger partial charge >= 0.3 is 12.2 Å². The Bertz CT molecular complexity index is 990. The topological polar surface area (TPSA) is 48.5 Å². The molecular formula is C24H29F3N4OS. The van der Waals surface area contributed by atoms with Crippen LogP contribution in [0.3, 0.4) is 0 Å². The lowest BCUT2D eigenvalue weighted by molar-refractivity contribution is -0.177. The fourth-order valence-corrected chi connectivity index (χ4v) is 5.65. The lowest BCUT2D eigenvalue weighted by atomic mass is 9.83. The molecule has 1 unspecified atom stereocenters. The van der Waals surface area contributed by atoms with Gasteiger partial charge < -0.3 is 15.1 Å². The summed E-state index contributed by atoms with van der Waals surface area (Å²) in [5.74, 6) is 1.46. The van der Waals surface area contributed by atoms with E-state index in [2.05, 4.69) is 36.3 Å². The fraction of sp³-hybridized carbons (Fsp3) is 0.500. The highest BCUT2D eigenvalue weighted by Crippen LogP contribution is 2.40. The zero-order chi connectivity index (χ0) is 23.8. The van der Waals surface area contributed by atoms with Crippen molar-refractivity contribution in [3.63, 3.8) is 0 Å². The molecule has 9 heteroatoms. The van der Waals surface area contributed by atoms with Gasteiger partial charge in [-0.3, -0.25) is 4.98 Å². The van der Waals surface area contributed by atoms with Crippen molar-refractivity contribution < 1.29 is 18.0 Å². The van der Waals surface area contributed by atoms with Crippen LogP contribution in [0.25, 0.3) is 0 Å². The van der Waals surface area contributed by atoms with E-state index in [1.54, 1.807) is 17.8 Å². The second-order valence-electron chi connectivity index (χ2n) is 9.19. The summed E-state index contributed by atoms with van der Waals surface area (Å²) in [4.78, 5) is 19.1. The SMILES string of the molecule is CN(C(=O)N1CCSCC1)[C@@H](c1ccc(NC2Cc3ccccc3C2(C)C)cn1)C(F)(F)F. The maximum absolute atomic E-state index is 14.0. The fourth-order valence-electron chi connectivity index (χ4n) is 4.75. The van der Waals surface area contributed by atoms with Crippen molar-refractivity contribution in [3.8, 4) is 0 Å². The molecular weight excluding hydrogens is 449 g/mol. The second kappa shape index (κ2) is 9.08. The van der Waals surface area contributed by atoms with Crippen LogP contribution in [0.2, 0.25) is 0 Å². The number of pyridine rings is 1. The predicted molar refractivity (Wildman–Crippen MR) is 126 cm³/mol. The van der Waals surface area contributed by atoms with Crippen molar-refractivity contribution >= 4 is 23.5 Å². The number of anilines is 1. The predicted octanol–water partition coefficient (Wildman–Crippen LogP) is 5.10. The van der Waals surface area contributed by atoms with Gasteiger partial charge in [0.1, 0.15) is 0 Å². The van der Waals surface area contributed by atoms with Crippen LogP contribution in [0, 0.1) is 0 Å². The number of carbonyl (C=O) groups excluding carboxylic acids is 1. The summed E-state index contributed by atoms with van der Waals surface area (Å²) in [6, 6.07) is 8.65. The van der Waals surface area contributed by atoms with E-state index in [1.165, 1.54) is 35.3 Å². The molecule has 0 saturated carbocycles. The molecule has 0 radical (unpaired) electrons. The average Bonchev–Trinajstić information content (AvgIpc) is 3.04. The molecule has 5 nitrogen and oxygen atoms in total. The Hall–Kier alpha value is -2.42. The van der Waals surface area contributed by atoms with E-state index in [-0.39, 0.29) is 17.2 Å². The Kier molecular flexibility index (Phi) is 6.53. The third kappa shape index (κ3) is 4.78. The van der Waals surface area contributed by atoms with Crippen LogP contribution >= 0.6 is 11.8 Å². The molecule has 2 aromatic rings. The van der Waals surface area contributed by atoms with Crippen molar-refractivity contribution in [1.29, 1.82) is 0 Å². The minimum atomic E-state index is -4.63. The number of aromatic nitrogens is 1. The molecule has 1 N–H and O–H groups in total. The Labute approximate surface area is 196 Å². The van der Waals surface area contributed by atoms with Gasteiger partial charge in [0, 0.05) is 43.1 Å². The smallest absolute Gasteiger partial charge is 0.380 e. The molecule has 33 heavy (non-hydrogen) atoms. The van der Waals surface area contributed by atoms with Gasteiger partial charge in [0.05, 0.1) is 17.6 Å². The van der Waals surface area contributed by atoms with Crippen LogP contribution in [0.4, 0.5) is 23.7 Å². The van der Waals surface area contributed by atoms with Gasteiger partial charge in [0.25, 0.3) is 0 Å². The highest BCUT2D eigenvalue weighted by atomic mass is 32.2. The third-order valence-corrected chi connectivity index (χ3v) is 7.64. The minimum Gasteiger partial charge on any atom is -0.380 e. The van der Waals surface area contributed by atoms with Crippen LogP contribution in [0.5, 0.6) is 0 Å². The van der Waals surface area contributed by atoms with Gasteiger partial charge in [-0.2, -0.15) is 24.9 Å². The lowest BCUT2D eigenvalue weighted by Gasteiger charge is -2.35. The number of fused-ring (bicyclic) bond motifs is 1. The highest BCUT2D eigenvalue weighted by molar-refractivity contribution is 7.99. The molecule has 2 heterocycles. The minimum absolute atomic E-state index is 0.0992. The monoisotopic (exact) mass is 478 g/mol. The summed E-state index contributed by atoms with van der Waals surface area (Å²) < 4.78 is 42.0. The first-order valence-corrected chi connectivity index (χ1v) is 12.2. The maximum atomic E-state index is 14.0. The lowest BCUT2D eigenvalue weighted by Crippen LogP contribution is -2.49. The zero-order valence-corrected chi connectivity index (χ0v) is 19.8. The van der Waals surface area contributed by atoms with Crippen LogP contribution in [0.1, 0.15) is 36.7 Å². The van der Waals surface area contributed by atoms with Crippen molar-refractivity contribution in [2.45, 2.75) is 43.9 Å². The maximum Gasteiger partial charge on any atom is 0.414 e. The zero-order valence-electron chi connectivity index (χ0n) is 19.0. The molecule has 1 aromatic carbocycles. The standard InChI is InChI=1S/C24H29F3N4OS/c1-23(2)18-7-5-4-6-16(18)14-20(23)29-17-8-9-19(28-15-17)21(24(25,26)27)30(3)22(32)31-10-12-33-13-11-31/h4-9,15,20-21,29H,10-14H2,1-3H3/t20?,21-/m0/s1. The molecule has 2 amide bonds. The largest absolute Gasteiger partial charge is 0.414 e. The summed E-state index contributed by atoms with van der Waals surface area (Å²) >= 11 is 1.69. The average molecular weight is 479 g/mol. The molecule has 4 rings (SSSR count). The first-order valence-electron chi connectivity index (χ1n) is 11.1. The van der Waals surface area contributed by atoms with Crippen LogP contribution in [-0.2, 0) is 11.8 Å². The highest BCUT2D eigenvalue weighted by Gasteiger charge is 2.47. The van der Waals surface area contributed by atoms with Crippen LogP contribution in [0.15, 0.2) is 42.6 Å². The molecule has 1 aliphatic heterocycles. The van der Waals surface area contributed by atoms with Gasteiger partial charge in [-0.25, -0.2) is 4.79 Å². The number of halogens is 3. The third-order valence-electron chi connectivity index (χ3n) is 6.69. The number of thioether (sulfide) groups is 1. The molecule has 0 spiro atoms. The van der Waals surface area contributed by atoms with Crippen LogP contribution in [-0.4, -0.2) is 64.7 Å². The van der Waals surface area contributed by atoms with E-state index in [1.807, 2.05) is 12.1 Å². The number of alkyl halides is 3. The summed E-state index contributed by atoms with van der Waals surface area (Å²) in [6.45, 7) is 5.23. The molecule has 1 aliphatic carbocycles. The Morgan fingerprint density at radius 2 is 1.91 bits per heavy atom. The first-order chi connectivity index (χ1) is 15.6. The van der Waals surface area contributed by atoms with Gasteiger partial charge in [-0.15, -0.1) is 0 Å². The number of nitrogens with zero attached hydrogens (tertiary/aromatic N) is 3. The van der Waals surface area contributed by atoms with Gasteiger partial charge in [-0.05, 0) is 29.7 Å². The Balaban J connectivity index is 1.51. The van der Waals surface area contributed by atoms with Gasteiger partial charge in [-0.1, -0.05) is 38.1 Å². The first kappa shape index (κ1) is 23.7. The van der Waals surface area contributed by atoms with E-state index in [4.69, 9.17) is 0 Å². The number of hydrogen-bond acceptors (Lipinski definition) is 4. The summed E-state index contributed by atoms with van der Waals surface area (Å²) in [6.07, 6.45) is -2.36.